The summed E-state index contributed by atoms with van der Waals surface area (Å²) in [6.07, 6.45) is 1.52. The third-order valence-electron chi connectivity index (χ3n) is 1.43. The molecule has 0 fully saturated rings. The van der Waals surface area contributed by atoms with E-state index in [1.165, 1.54) is 6.26 Å². The van der Waals surface area contributed by atoms with E-state index in [2.05, 4.69) is 0 Å². The predicted molar refractivity (Wildman–Crippen MR) is 40.6 cm³/mol. The van der Waals surface area contributed by atoms with Crippen molar-refractivity contribution in [2.45, 2.75) is 12.5 Å². The van der Waals surface area contributed by atoms with Gasteiger partial charge in [0.15, 0.2) is 0 Å². The number of nitrogens with two attached hydrogens (primary N) is 1. The van der Waals surface area contributed by atoms with Crippen LogP contribution in [0.2, 0.25) is 0 Å². The van der Waals surface area contributed by atoms with Crippen LogP contribution in [-0.2, 0) is 0 Å². The van der Waals surface area contributed by atoms with E-state index in [0.717, 1.165) is 0 Å². The van der Waals surface area contributed by atoms with Crippen molar-refractivity contribution in [3.8, 4) is 12.1 Å². The second kappa shape index (κ2) is 3.56. The van der Waals surface area contributed by atoms with Crippen LogP contribution >= 0.6 is 0 Å². The number of hydrogen-bond acceptors (Lipinski definition) is 4. The van der Waals surface area contributed by atoms with E-state index in [4.69, 9.17) is 20.7 Å². The summed E-state index contributed by atoms with van der Waals surface area (Å²) in [4.78, 5) is 0. The SMILES string of the molecule is N#CC[C@@H](N)c1cc(C#N)co1. The summed E-state index contributed by atoms with van der Waals surface area (Å²) in [5.41, 5.74) is 5.98. The maximum Gasteiger partial charge on any atom is 0.122 e. The molecule has 1 rings (SSSR count). The largest absolute Gasteiger partial charge is 0.466 e. The zero-order valence-electron chi connectivity index (χ0n) is 6.32. The molecule has 0 radical (unpaired) electrons. The highest BCUT2D eigenvalue weighted by molar-refractivity contribution is 5.27. The van der Waals surface area contributed by atoms with Crippen LogP contribution in [-0.4, -0.2) is 0 Å². The lowest BCUT2D eigenvalue weighted by Gasteiger charge is -2.00. The average molecular weight is 161 g/mol. The molecule has 1 heterocycles. The first-order valence-electron chi connectivity index (χ1n) is 3.39. The van der Waals surface area contributed by atoms with Crippen LogP contribution in [0.4, 0.5) is 0 Å². The highest BCUT2D eigenvalue weighted by atomic mass is 16.3. The fourth-order valence-electron chi connectivity index (χ4n) is 0.805. The summed E-state index contributed by atoms with van der Waals surface area (Å²) in [5.74, 6) is 0.480. The van der Waals surface area contributed by atoms with E-state index in [9.17, 15) is 0 Å². The third-order valence-corrected chi connectivity index (χ3v) is 1.43. The average Bonchev–Trinajstić information content (AvgIpc) is 2.52. The number of furan rings is 1. The van der Waals surface area contributed by atoms with Crippen LogP contribution in [0, 0.1) is 22.7 Å². The van der Waals surface area contributed by atoms with Gasteiger partial charge in [0.2, 0.25) is 0 Å². The van der Waals surface area contributed by atoms with Crippen LogP contribution in [0.3, 0.4) is 0 Å². The fraction of sp³-hybridized carbons (Fsp3) is 0.250. The van der Waals surface area contributed by atoms with Crippen molar-refractivity contribution in [2.75, 3.05) is 0 Å². The maximum atomic E-state index is 8.45. The Labute approximate surface area is 69.8 Å². The molecular formula is C8H7N3O. The molecule has 1 aromatic heterocycles. The van der Waals surface area contributed by atoms with Crippen molar-refractivity contribution >= 4 is 0 Å². The summed E-state index contributed by atoms with van der Waals surface area (Å²) < 4.78 is 4.97. The second-order valence-corrected chi connectivity index (χ2v) is 2.32. The lowest BCUT2D eigenvalue weighted by atomic mass is 10.2. The summed E-state index contributed by atoms with van der Waals surface area (Å²) in [6.45, 7) is 0. The van der Waals surface area contributed by atoms with Crippen LogP contribution < -0.4 is 5.73 Å². The summed E-state index contributed by atoms with van der Waals surface area (Å²) in [5, 5.41) is 16.8. The van der Waals surface area contributed by atoms with Gasteiger partial charge in [-0.1, -0.05) is 0 Å². The molecule has 1 aromatic rings. The Morgan fingerprint density at radius 3 is 2.83 bits per heavy atom. The second-order valence-electron chi connectivity index (χ2n) is 2.32. The molecule has 0 saturated carbocycles. The molecule has 0 aliphatic carbocycles. The molecule has 4 nitrogen and oxygen atoms in total. The first-order valence-corrected chi connectivity index (χ1v) is 3.39. The Hall–Kier alpha value is -1.78. The molecule has 0 amide bonds. The molecule has 60 valence electrons. The van der Waals surface area contributed by atoms with Crippen LogP contribution in [0.5, 0.6) is 0 Å². The van der Waals surface area contributed by atoms with E-state index >= 15 is 0 Å². The van der Waals surface area contributed by atoms with Gasteiger partial charge in [0.1, 0.15) is 18.1 Å². The molecule has 2 N–H and O–H groups in total. The van der Waals surface area contributed by atoms with Crippen LogP contribution in [0.15, 0.2) is 16.7 Å². The maximum absolute atomic E-state index is 8.45. The zero-order valence-corrected chi connectivity index (χ0v) is 6.32. The molecule has 0 aliphatic rings. The highest BCUT2D eigenvalue weighted by Gasteiger charge is 2.09. The molecule has 0 bridgehead atoms. The summed E-state index contributed by atoms with van der Waals surface area (Å²) in [6, 6.07) is 4.95. The number of hydrogen-bond donors (Lipinski definition) is 1. The van der Waals surface area contributed by atoms with Crippen molar-refractivity contribution < 1.29 is 4.42 Å². The van der Waals surface area contributed by atoms with Gasteiger partial charge >= 0.3 is 0 Å². The van der Waals surface area contributed by atoms with Crippen molar-refractivity contribution in [3.05, 3.63) is 23.7 Å². The van der Waals surface area contributed by atoms with Gasteiger partial charge in [-0.15, -0.1) is 0 Å². The Morgan fingerprint density at radius 1 is 1.58 bits per heavy atom. The minimum Gasteiger partial charge on any atom is -0.466 e. The third kappa shape index (κ3) is 1.63. The molecule has 0 aliphatic heterocycles. The standard InChI is InChI=1S/C8H7N3O/c9-2-1-7(11)8-3-6(4-10)5-12-8/h3,5,7H,1,11H2/t7-/m1/s1. The molecule has 0 aromatic carbocycles. The number of nitriles is 2. The highest BCUT2D eigenvalue weighted by Crippen LogP contribution is 2.15. The van der Waals surface area contributed by atoms with E-state index in [1.54, 1.807) is 6.07 Å². The quantitative estimate of drug-likeness (QED) is 0.702. The van der Waals surface area contributed by atoms with E-state index < -0.39 is 6.04 Å². The van der Waals surface area contributed by atoms with Crippen molar-refractivity contribution in [2.24, 2.45) is 5.73 Å². The van der Waals surface area contributed by atoms with Gasteiger partial charge in [0.05, 0.1) is 24.1 Å². The number of rotatable bonds is 2. The normalized spacial score (nSPS) is 11.6. The van der Waals surface area contributed by atoms with Gasteiger partial charge in [-0.25, -0.2) is 0 Å². The van der Waals surface area contributed by atoms with Crippen molar-refractivity contribution in [3.63, 3.8) is 0 Å². The molecule has 1 atom stereocenters. The molecule has 0 unspecified atom stereocenters. The molecule has 0 spiro atoms. The summed E-state index contributed by atoms with van der Waals surface area (Å²) >= 11 is 0. The lowest BCUT2D eigenvalue weighted by molar-refractivity contribution is 0.469. The molecule has 12 heavy (non-hydrogen) atoms. The topological polar surface area (TPSA) is 86.7 Å². The molecular weight excluding hydrogens is 154 g/mol. The Balaban J connectivity index is 2.77. The van der Waals surface area contributed by atoms with Gasteiger partial charge in [-0.3, -0.25) is 0 Å². The smallest absolute Gasteiger partial charge is 0.122 e. The van der Waals surface area contributed by atoms with Crippen LogP contribution in [0.25, 0.3) is 0 Å². The Kier molecular flexibility index (Phi) is 2.47. The van der Waals surface area contributed by atoms with E-state index in [0.29, 0.717) is 11.3 Å². The van der Waals surface area contributed by atoms with Gasteiger partial charge < -0.3 is 10.2 Å². The van der Waals surface area contributed by atoms with E-state index in [1.807, 2.05) is 12.1 Å². The zero-order chi connectivity index (χ0) is 8.97. The predicted octanol–water partition coefficient (Wildman–Crippen LogP) is 1.06. The van der Waals surface area contributed by atoms with Crippen molar-refractivity contribution in [1.82, 2.24) is 0 Å². The molecule has 4 heteroatoms. The van der Waals surface area contributed by atoms with Gasteiger partial charge in [-0.05, 0) is 6.07 Å². The fourth-order valence-corrected chi connectivity index (χ4v) is 0.805. The monoisotopic (exact) mass is 161 g/mol. The van der Waals surface area contributed by atoms with E-state index in [-0.39, 0.29) is 6.42 Å². The van der Waals surface area contributed by atoms with Crippen molar-refractivity contribution in [1.29, 1.82) is 10.5 Å². The van der Waals surface area contributed by atoms with Gasteiger partial charge in [0, 0.05) is 0 Å². The van der Waals surface area contributed by atoms with Crippen LogP contribution in [0.1, 0.15) is 23.8 Å². The van der Waals surface area contributed by atoms with Gasteiger partial charge in [0.25, 0.3) is 0 Å². The minimum atomic E-state index is -0.433. The minimum absolute atomic E-state index is 0.193. The summed E-state index contributed by atoms with van der Waals surface area (Å²) in [7, 11) is 0. The Bertz CT molecular complexity index is 342. The number of nitrogens with zero attached hydrogens (tertiary/aromatic N) is 2. The van der Waals surface area contributed by atoms with Gasteiger partial charge in [-0.2, -0.15) is 10.5 Å². The molecule has 0 saturated heterocycles. The Morgan fingerprint density at radius 2 is 2.33 bits per heavy atom. The first-order chi connectivity index (χ1) is 5.77. The lowest BCUT2D eigenvalue weighted by Crippen LogP contribution is -2.07. The first kappa shape index (κ1) is 8.32.